The first-order chi connectivity index (χ1) is 13.1. The summed E-state index contributed by atoms with van der Waals surface area (Å²) in [4.78, 5) is 12.6. The van der Waals surface area contributed by atoms with Gasteiger partial charge >= 0.3 is 0 Å². The van der Waals surface area contributed by atoms with Gasteiger partial charge in [-0.25, -0.2) is 9.07 Å². The summed E-state index contributed by atoms with van der Waals surface area (Å²) in [7, 11) is 0. The number of fused-ring (bicyclic) bond motifs is 1. The van der Waals surface area contributed by atoms with Gasteiger partial charge in [-0.15, -0.1) is 0 Å². The minimum Gasteiger partial charge on any atom is -0.310 e. The van der Waals surface area contributed by atoms with E-state index >= 15 is 0 Å². The van der Waals surface area contributed by atoms with E-state index in [4.69, 9.17) is 0 Å². The standard InChI is InChI=1S/C22H18FN3O/c1-15-12-21(26(25-15)20-10-8-19(23)9-11-20)24-22(27)14-16-6-7-17-4-2-3-5-18(17)13-16/h2-13H,14H2,1H3,(H,24,27). The molecule has 4 rings (SSSR count). The molecule has 0 radical (unpaired) electrons. The number of aryl methyl sites for hydroxylation is 1. The first-order valence-electron chi connectivity index (χ1n) is 8.69. The number of anilines is 1. The highest BCUT2D eigenvalue weighted by atomic mass is 19.1. The summed E-state index contributed by atoms with van der Waals surface area (Å²) >= 11 is 0. The maximum Gasteiger partial charge on any atom is 0.229 e. The lowest BCUT2D eigenvalue weighted by molar-refractivity contribution is -0.115. The highest BCUT2D eigenvalue weighted by Crippen LogP contribution is 2.19. The van der Waals surface area contributed by atoms with Crippen molar-refractivity contribution in [1.82, 2.24) is 9.78 Å². The molecule has 1 heterocycles. The number of hydrogen-bond acceptors (Lipinski definition) is 2. The van der Waals surface area contributed by atoms with E-state index in [-0.39, 0.29) is 18.1 Å². The van der Waals surface area contributed by atoms with Crippen LogP contribution in [0.5, 0.6) is 0 Å². The lowest BCUT2D eigenvalue weighted by Gasteiger charge is -2.09. The van der Waals surface area contributed by atoms with E-state index in [2.05, 4.69) is 10.4 Å². The lowest BCUT2D eigenvalue weighted by Crippen LogP contribution is -2.17. The van der Waals surface area contributed by atoms with E-state index < -0.39 is 0 Å². The van der Waals surface area contributed by atoms with Gasteiger partial charge in [-0.3, -0.25) is 4.79 Å². The zero-order chi connectivity index (χ0) is 18.8. The molecular weight excluding hydrogens is 341 g/mol. The maximum atomic E-state index is 13.2. The molecule has 0 fully saturated rings. The summed E-state index contributed by atoms with van der Waals surface area (Å²) in [6.45, 7) is 1.85. The fraction of sp³-hybridized carbons (Fsp3) is 0.0909. The van der Waals surface area contributed by atoms with Crippen LogP contribution >= 0.6 is 0 Å². The van der Waals surface area contributed by atoms with Crippen LogP contribution in [-0.4, -0.2) is 15.7 Å². The smallest absolute Gasteiger partial charge is 0.229 e. The molecule has 4 aromatic rings. The highest BCUT2D eigenvalue weighted by molar-refractivity contribution is 5.93. The SMILES string of the molecule is Cc1cc(NC(=O)Cc2ccc3ccccc3c2)n(-c2ccc(F)cc2)n1. The van der Waals surface area contributed by atoms with E-state index in [1.54, 1.807) is 22.9 Å². The highest BCUT2D eigenvalue weighted by Gasteiger charge is 2.12. The molecule has 0 spiro atoms. The molecule has 0 aliphatic rings. The van der Waals surface area contributed by atoms with Crippen LogP contribution in [-0.2, 0) is 11.2 Å². The number of rotatable bonds is 4. The van der Waals surface area contributed by atoms with E-state index in [1.807, 2.05) is 49.4 Å². The second-order valence-corrected chi connectivity index (χ2v) is 6.47. The quantitative estimate of drug-likeness (QED) is 0.576. The Morgan fingerprint density at radius 2 is 1.74 bits per heavy atom. The Balaban J connectivity index is 1.55. The zero-order valence-electron chi connectivity index (χ0n) is 14.8. The van der Waals surface area contributed by atoms with Crippen molar-refractivity contribution in [2.24, 2.45) is 0 Å². The van der Waals surface area contributed by atoms with Crippen LogP contribution in [0.3, 0.4) is 0 Å². The molecule has 0 atom stereocenters. The number of hydrogen-bond donors (Lipinski definition) is 1. The molecule has 27 heavy (non-hydrogen) atoms. The van der Waals surface area contributed by atoms with Crippen LogP contribution in [0.15, 0.2) is 72.8 Å². The van der Waals surface area contributed by atoms with Crippen molar-refractivity contribution in [3.63, 3.8) is 0 Å². The van der Waals surface area contributed by atoms with Gasteiger partial charge in [-0.2, -0.15) is 5.10 Å². The number of benzene rings is 3. The van der Waals surface area contributed by atoms with Crippen molar-refractivity contribution in [2.75, 3.05) is 5.32 Å². The van der Waals surface area contributed by atoms with Crippen LogP contribution < -0.4 is 5.32 Å². The van der Waals surface area contributed by atoms with Gasteiger partial charge in [0.15, 0.2) is 0 Å². The number of amides is 1. The third kappa shape index (κ3) is 3.72. The predicted molar refractivity (Wildman–Crippen MR) is 105 cm³/mol. The molecule has 0 aliphatic heterocycles. The Labute approximate surface area is 156 Å². The average Bonchev–Trinajstić information content (AvgIpc) is 3.02. The van der Waals surface area contributed by atoms with Crippen LogP contribution in [0.1, 0.15) is 11.3 Å². The van der Waals surface area contributed by atoms with Crippen LogP contribution in [0.2, 0.25) is 0 Å². The molecule has 0 unspecified atom stereocenters. The third-order valence-electron chi connectivity index (χ3n) is 4.35. The fourth-order valence-electron chi connectivity index (χ4n) is 3.09. The Hall–Kier alpha value is -3.47. The fourth-order valence-corrected chi connectivity index (χ4v) is 3.09. The summed E-state index contributed by atoms with van der Waals surface area (Å²) < 4.78 is 14.8. The summed E-state index contributed by atoms with van der Waals surface area (Å²) in [6.07, 6.45) is 0.262. The van der Waals surface area contributed by atoms with Crippen molar-refractivity contribution in [3.8, 4) is 5.69 Å². The molecule has 3 aromatic carbocycles. The van der Waals surface area contributed by atoms with Crippen molar-refractivity contribution >= 4 is 22.5 Å². The zero-order valence-corrected chi connectivity index (χ0v) is 14.8. The monoisotopic (exact) mass is 359 g/mol. The molecule has 0 bridgehead atoms. The molecule has 4 nitrogen and oxygen atoms in total. The van der Waals surface area contributed by atoms with E-state index in [0.29, 0.717) is 11.5 Å². The topological polar surface area (TPSA) is 46.9 Å². The van der Waals surface area contributed by atoms with Crippen molar-refractivity contribution in [3.05, 3.63) is 89.9 Å². The molecule has 1 amide bonds. The normalized spacial score (nSPS) is 10.9. The first-order valence-corrected chi connectivity index (χ1v) is 8.69. The van der Waals surface area contributed by atoms with Gasteiger partial charge in [-0.1, -0.05) is 42.5 Å². The molecule has 5 heteroatoms. The van der Waals surface area contributed by atoms with Gasteiger partial charge in [0.25, 0.3) is 0 Å². The van der Waals surface area contributed by atoms with Gasteiger partial charge in [0.1, 0.15) is 11.6 Å². The molecule has 1 N–H and O–H groups in total. The number of carbonyl (C=O) groups is 1. The molecule has 134 valence electrons. The number of halogens is 1. The maximum absolute atomic E-state index is 13.2. The summed E-state index contributed by atoms with van der Waals surface area (Å²) in [6, 6.07) is 21.8. The largest absolute Gasteiger partial charge is 0.310 e. The Kier molecular flexibility index (Phi) is 4.42. The summed E-state index contributed by atoms with van der Waals surface area (Å²) in [5, 5.41) is 9.55. The van der Waals surface area contributed by atoms with E-state index in [1.165, 1.54) is 12.1 Å². The average molecular weight is 359 g/mol. The van der Waals surface area contributed by atoms with Crippen molar-refractivity contribution < 1.29 is 9.18 Å². The van der Waals surface area contributed by atoms with E-state index in [0.717, 1.165) is 22.0 Å². The minimum absolute atomic E-state index is 0.131. The molecule has 0 saturated heterocycles. The number of aromatic nitrogens is 2. The number of carbonyl (C=O) groups excluding carboxylic acids is 1. The Morgan fingerprint density at radius 1 is 1.00 bits per heavy atom. The predicted octanol–water partition coefficient (Wildman–Crippen LogP) is 4.65. The summed E-state index contributed by atoms with van der Waals surface area (Å²) in [5.74, 6) is 0.114. The molecular formula is C22H18FN3O. The second kappa shape index (κ2) is 7.03. The number of nitrogens with zero attached hydrogens (tertiary/aromatic N) is 2. The molecule has 1 aromatic heterocycles. The van der Waals surface area contributed by atoms with Crippen molar-refractivity contribution in [1.29, 1.82) is 0 Å². The van der Waals surface area contributed by atoms with E-state index in [9.17, 15) is 9.18 Å². The first kappa shape index (κ1) is 17.0. The Morgan fingerprint density at radius 3 is 2.52 bits per heavy atom. The van der Waals surface area contributed by atoms with Crippen molar-refractivity contribution in [2.45, 2.75) is 13.3 Å². The van der Waals surface area contributed by atoms with Crippen LogP contribution in [0.4, 0.5) is 10.2 Å². The third-order valence-corrected chi connectivity index (χ3v) is 4.35. The van der Waals surface area contributed by atoms with Gasteiger partial charge < -0.3 is 5.32 Å². The minimum atomic E-state index is -0.315. The molecule has 0 aliphatic carbocycles. The van der Waals surface area contributed by atoms with Crippen LogP contribution in [0, 0.1) is 12.7 Å². The lowest BCUT2D eigenvalue weighted by atomic mass is 10.0. The molecule has 0 saturated carbocycles. The van der Waals surface area contributed by atoms with Gasteiger partial charge in [0, 0.05) is 6.07 Å². The number of nitrogens with one attached hydrogen (secondary N) is 1. The summed E-state index contributed by atoms with van der Waals surface area (Å²) in [5.41, 5.74) is 2.39. The Bertz CT molecular complexity index is 1120. The van der Waals surface area contributed by atoms with Gasteiger partial charge in [0.05, 0.1) is 17.8 Å². The van der Waals surface area contributed by atoms with Gasteiger partial charge in [0.2, 0.25) is 5.91 Å². The second-order valence-electron chi connectivity index (χ2n) is 6.47. The van der Waals surface area contributed by atoms with Crippen LogP contribution in [0.25, 0.3) is 16.5 Å². The van der Waals surface area contributed by atoms with Gasteiger partial charge in [-0.05, 0) is 47.5 Å².